The maximum Gasteiger partial charge on any atom is 0.137 e. The third-order valence-electron chi connectivity index (χ3n) is 1.97. The van der Waals surface area contributed by atoms with Gasteiger partial charge in [-0.25, -0.2) is 0 Å². The minimum atomic E-state index is 0.670. The molecule has 0 heterocycles. The highest BCUT2D eigenvalue weighted by Gasteiger charge is 2.00. The minimum Gasteiger partial charge on any atom is -0.495 e. The number of ether oxygens (including phenoxy) is 1. The highest BCUT2D eigenvalue weighted by Crippen LogP contribution is 2.24. The highest BCUT2D eigenvalue weighted by atomic mass is 35.5. The van der Waals surface area contributed by atoms with Crippen LogP contribution in [0, 0.1) is 0 Å². The molecule has 14 heavy (non-hydrogen) atoms. The molecule has 78 valence electrons. The molecule has 1 N–H and O–H groups in total. The topological polar surface area (TPSA) is 21.3 Å². The van der Waals surface area contributed by atoms with Crippen molar-refractivity contribution in [1.82, 2.24) is 5.32 Å². The molecule has 0 aliphatic rings. The molecule has 0 saturated carbocycles. The van der Waals surface area contributed by atoms with E-state index in [-0.39, 0.29) is 0 Å². The van der Waals surface area contributed by atoms with Gasteiger partial charge in [0.25, 0.3) is 0 Å². The molecule has 0 spiro atoms. The molecule has 0 aromatic heterocycles. The van der Waals surface area contributed by atoms with Gasteiger partial charge >= 0.3 is 0 Å². The first-order valence-corrected chi connectivity index (χ1v) is 5.19. The lowest BCUT2D eigenvalue weighted by molar-refractivity contribution is 0.415. The van der Waals surface area contributed by atoms with Crippen molar-refractivity contribution < 1.29 is 4.74 Å². The number of halogens is 1. The van der Waals surface area contributed by atoms with E-state index >= 15 is 0 Å². The molecule has 0 fully saturated rings. The Kier molecular flexibility index (Phi) is 4.77. The van der Waals surface area contributed by atoms with E-state index in [0.29, 0.717) is 5.02 Å². The fourth-order valence-electron chi connectivity index (χ4n) is 1.23. The van der Waals surface area contributed by atoms with Crippen LogP contribution in [-0.2, 0) is 6.54 Å². The summed E-state index contributed by atoms with van der Waals surface area (Å²) >= 11 is 5.99. The van der Waals surface area contributed by atoms with Crippen molar-refractivity contribution in [3.63, 3.8) is 0 Å². The van der Waals surface area contributed by atoms with Crippen LogP contribution in [0.1, 0.15) is 18.9 Å². The number of hydrogen-bond donors (Lipinski definition) is 1. The number of nitrogens with one attached hydrogen (secondary N) is 1. The van der Waals surface area contributed by atoms with Gasteiger partial charge in [-0.3, -0.25) is 0 Å². The van der Waals surface area contributed by atoms with Crippen LogP contribution < -0.4 is 10.1 Å². The van der Waals surface area contributed by atoms with Gasteiger partial charge in [0.15, 0.2) is 0 Å². The van der Waals surface area contributed by atoms with Crippen LogP contribution in [0.5, 0.6) is 5.75 Å². The Labute approximate surface area is 90.2 Å². The summed E-state index contributed by atoms with van der Waals surface area (Å²) in [5.41, 5.74) is 1.18. The van der Waals surface area contributed by atoms with E-state index in [1.165, 1.54) is 5.56 Å². The van der Waals surface area contributed by atoms with Crippen LogP contribution in [0.15, 0.2) is 18.2 Å². The monoisotopic (exact) mass is 213 g/mol. The smallest absolute Gasteiger partial charge is 0.137 e. The summed E-state index contributed by atoms with van der Waals surface area (Å²) in [5.74, 6) is 0.728. The Bertz CT molecular complexity index is 289. The molecule has 2 nitrogen and oxygen atoms in total. The second-order valence-electron chi connectivity index (χ2n) is 3.15. The van der Waals surface area contributed by atoms with Gasteiger partial charge in [-0.05, 0) is 30.7 Å². The third kappa shape index (κ3) is 3.20. The van der Waals surface area contributed by atoms with E-state index < -0.39 is 0 Å². The summed E-state index contributed by atoms with van der Waals surface area (Å²) in [4.78, 5) is 0. The van der Waals surface area contributed by atoms with Crippen molar-refractivity contribution in [2.24, 2.45) is 0 Å². The molecule has 0 unspecified atom stereocenters. The zero-order valence-electron chi connectivity index (χ0n) is 8.64. The van der Waals surface area contributed by atoms with Gasteiger partial charge in [0.1, 0.15) is 5.75 Å². The lowest BCUT2D eigenvalue weighted by atomic mass is 10.2. The van der Waals surface area contributed by atoms with Crippen molar-refractivity contribution in [3.05, 3.63) is 28.8 Å². The zero-order chi connectivity index (χ0) is 10.4. The first kappa shape index (κ1) is 11.3. The second kappa shape index (κ2) is 5.89. The van der Waals surface area contributed by atoms with Crippen molar-refractivity contribution in [2.45, 2.75) is 19.9 Å². The highest BCUT2D eigenvalue weighted by molar-refractivity contribution is 6.32. The Hall–Kier alpha value is -0.730. The summed E-state index contributed by atoms with van der Waals surface area (Å²) < 4.78 is 5.07. The number of benzene rings is 1. The van der Waals surface area contributed by atoms with Crippen molar-refractivity contribution in [3.8, 4) is 5.75 Å². The fraction of sp³-hybridized carbons (Fsp3) is 0.455. The van der Waals surface area contributed by atoms with E-state index in [9.17, 15) is 0 Å². The van der Waals surface area contributed by atoms with Crippen LogP contribution in [0.3, 0.4) is 0 Å². The average Bonchev–Trinajstić information content (AvgIpc) is 2.18. The number of rotatable bonds is 5. The van der Waals surface area contributed by atoms with Gasteiger partial charge < -0.3 is 10.1 Å². The molecule has 1 aromatic carbocycles. The maximum atomic E-state index is 5.99. The predicted molar refractivity (Wildman–Crippen MR) is 60.0 cm³/mol. The Morgan fingerprint density at radius 3 is 2.79 bits per heavy atom. The third-order valence-corrected chi connectivity index (χ3v) is 2.27. The van der Waals surface area contributed by atoms with E-state index in [1.807, 2.05) is 18.2 Å². The van der Waals surface area contributed by atoms with Crippen molar-refractivity contribution in [2.75, 3.05) is 13.7 Å². The molecular weight excluding hydrogens is 198 g/mol. The van der Waals surface area contributed by atoms with Gasteiger partial charge in [-0.15, -0.1) is 0 Å². The predicted octanol–water partition coefficient (Wildman–Crippen LogP) is 2.85. The first-order valence-electron chi connectivity index (χ1n) is 4.81. The summed E-state index contributed by atoms with van der Waals surface area (Å²) in [6.07, 6.45) is 1.14. The normalized spacial score (nSPS) is 10.2. The summed E-state index contributed by atoms with van der Waals surface area (Å²) in [7, 11) is 1.62. The lowest BCUT2D eigenvalue weighted by Gasteiger charge is -2.06. The lowest BCUT2D eigenvalue weighted by Crippen LogP contribution is -2.13. The van der Waals surface area contributed by atoms with Crippen LogP contribution in [-0.4, -0.2) is 13.7 Å². The molecule has 3 heteroatoms. The average molecular weight is 214 g/mol. The van der Waals surface area contributed by atoms with Crippen LogP contribution in [0.25, 0.3) is 0 Å². The fourth-order valence-corrected chi connectivity index (χ4v) is 1.51. The van der Waals surface area contributed by atoms with Crippen molar-refractivity contribution >= 4 is 11.6 Å². The summed E-state index contributed by atoms with van der Waals surface area (Å²) in [5, 5.41) is 3.99. The molecule has 0 aliphatic heterocycles. The Morgan fingerprint density at radius 1 is 1.43 bits per heavy atom. The summed E-state index contributed by atoms with van der Waals surface area (Å²) in [6.45, 7) is 4.04. The quantitative estimate of drug-likeness (QED) is 0.760. The maximum absolute atomic E-state index is 5.99. The standard InChI is InChI=1S/C11H16ClNO/c1-3-6-13-8-9-4-5-11(14-2)10(12)7-9/h4-5,7,13H,3,6,8H2,1-2H3. The second-order valence-corrected chi connectivity index (χ2v) is 3.55. The van der Waals surface area contributed by atoms with Crippen LogP contribution in [0.2, 0.25) is 5.02 Å². The van der Waals surface area contributed by atoms with Crippen LogP contribution >= 0.6 is 11.6 Å². The van der Waals surface area contributed by atoms with Crippen molar-refractivity contribution in [1.29, 1.82) is 0 Å². The van der Waals surface area contributed by atoms with E-state index in [1.54, 1.807) is 7.11 Å². The zero-order valence-corrected chi connectivity index (χ0v) is 9.40. The van der Waals surface area contributed by atoms with Gasteiger partial charge in [-0.2, -0.15) is 0 Å². The minimum absolute atomic E-state index is 0.670. The van der Waals surface area contributed by atoms with Gasteiger partial charge in [0, 0.05) is 6.54 Å². The first-order chi connectivity index (χ1) is 6.77. The number of methoxy groups -OCH3 is 1. The van der Waals surface area contributed by atoms with E-state index in [0.717, 1.165) is 25.3 Å². The summed E-state index contributed by atoms with van der Waals surface area (Å²) in [6, 6.07) is 5.85. The SMILES string of the molecule is CCCNCc1ccc(OC)c(Cl)c1. The number of hydrogen-bond acceptors (Lipinski definition) is 2. The van der Waals surface area contributed by atoms with Crippen LogP contribution in [0.4, 0.5) is 0 Å². The van der Waals surface area contributed by atoms with Gasteiger partial charge in [0.05, 0.1) is 12.1 Å². The largest absolute Gasteiger partial charge is 0.495 e. The molecule has 0 amide bonds. The molecular formula is C11H16ClNO. The van der Waals surface area contributed by atoms with E-state index in [2.05, 4.69) is 12.2 Å². The molecule has 1 aromatic rings. The molecule has 0 aliphatic carbocycles. The van der Waals surface area contributed by atoms with Gasteiger partial charge in [0.2, 0.25) is 0 Å². The van der Waals surface area contributed by atoms with Gasteiger partial charge in [-0.1, -0.05) is 24.6 Å². The molecule has 0 atom stereocenters. The molecule has 0 saturated heterocycles. The molecule has 0 radical (unpaired) electrons. The van der Waals surface area contributed by atoms with E-state index in [4.69, 9.17) is 16.3 Å². The Morgan fingerprint density at radius 2 is 2.21 bits per heavy atom. The Balaban J connectivity index is 2.57. The molecule has 1 rings (SSSR count). The molecule has 0 bridgehead atoms.